The van der Waals surface area contributed by atoms with Crippen LogP contribution in [-0.2, 0) is 5.41 Å². The van der Waals surface area contributed by atoms with Gasteiger partial charge in [0.15, 0.2) is 0 Å². The Kier molecular flexibility index (Phi) is 2.38. The van der Waals surface area contributed by atoms with Gasteiger partial charge in [-0.2, -0.15) is 0 Å². The lowest BCUT2D eigenvalue weighted by molar-refractivity contribution is 0.563. The molecule has 0 unspecified atom stereocenters. The van der Waals surface area contributed by atoms with Gasteiger partial charge in [0.1, 0.15) is 0 Å². The van der Waals surface area contributed by atoms with Gasteiger partial charge in [0.25, 0.3) is 0 Å². The molecule has 4 rings (SSSR count). The van der Waals surface area contributed by atoms with E-state index in [9.17, 15) is 0 Å². The summed E-state index contributed by atoms with van der Waals surface area (Å²) in [5.74, 6) is 0. The van der Waals surface area contributed by atoms with Gasteiger partial charge < -0.3 is 0 Å². The molecule has 0 aromatic heterocycles. The Morgan fingerprint density at radius 2 is 1.37 bits per heavy atom. The van der Waals surface area contributed by atoms with Gasteiger partial charge in [0.2, 0.25) is 0 Å². The second-order valence-corrected chi connectivity index (χ2v) is 5.71. The lowest BCUT2D eigenvalue weighted by atomic mass is 9.75. The summed E-state index contributed by atoms with van der Waals surface area (Å²) in [6.07, 6.45) is 9.98. The lowest BCUT2D eigenvalue weighted by Gasteiger charge is -2.27. The van der Waals surface area contributed by atoms with E-state index in [0.717, 1.165) is 0 Å². The molecule has 94 valence electrons. The molecule has 2 aliphatic carbocycles. The van der Waals surface area contributed by atoms with Crippen molar-refractivity contribution in [1.82, 2.24) is 0 Å². The van der Waals surface area contributed by atoms with E-state index < -0.39 is 0 Å². The van der Waals surface area contributed by atoms with Crippen molar-refractivity contribution in [3.8, 4) is 11.1 Å². The molecule has 0 fully saturated rings. The molecule has 2 aromatic carbocycles. The molecule has 19 heavy (non-hydrogen) atoms. The van der Waals surface area contributed by atoms with Crippen LogP contribution >= 0.6 is 0 Å². The van der Waals surface area contributed by atoms with Crippen LogP contribution in [0.2, 0.25) is 0 Å². The summed E-state index contributed by atoms with van der Waals surface area (Å²) in [4.78, 5) is 0. The summed E-state index contributed by atoms with van der Waals surface area (Å²) < 4.78 is 0. The predicted octanol–water partition coefficient (Wildman–Crippen LogP) is 5.08. The molecule has 0 heterocycles. The molecule has 0 nitrogen and oxygen atoms in total. The molecule has 0 aliphatic heterocycles. The molecule has 0 bridgehead atoms. The van der Waals surface area contributed by atoms with E-state index in [4.69, 9.17) is 0 Å². The number of hydrogen-bond acceptors (Lipinski definition) is 0. The smallest absolute Gasteiger partial charge is 0.0394 e. The van der Waals surface area contributed by atoms with Crippen LogP contribution < -0.4 is 0 Å². The van der Waals surface area contributed by atoms with Crippen LogP contribution in [0.25, 0.3) is 11.1 Å². The number of fused-ring (bicyclic) bond motifs is 5. The Morgan fingerprint density at radius 1 is 0.737 bits per heavy atom. The molecular formula is C19H18. The van der Waals surface area contributed by atoms with Gasteiger partial charge in [-0.1, -0.05) is 67.1 Å². The van der Waals surface area contributed by atoms with E-state index in [-0.39, 0.29) is 5.41 Å². The van der Waals surface area contributed by atoms with Crippen LogP contribution in [0.4, 0.5) is 0 Å². The van der Waals surface area contributed by atoms with Crippen molar-refractivity contribution in [2.24, 2.45) is 0 Å². The number of benzene rings is 2. The van der Waals surface area contributed by atoms with Crippen LogP contribution in [0.15, 0.2) is 60.7 Å². The maximum Gasteiger partial charge on any atom is 0.0394 e. The summed E-state index contributed by atoms with van der Waals surface area (Å²) in [5, 5.41) is 0. The van der Waals surface area contributed by atoms with Gasteiger partial charge in [0, 0.05) is 5.41 Å². The monoisotopic (exact) mass is 246 g/mol. The maximum atomic E-state index is 2.48. The highest BCUT2D eigenvalue weighted by Gasteiger charge is 2.40. The minimum atomic E-state index is 0.143. The average molecular weight is 246 g/mol. The highest BCUT2D eigenvalue weighted by Crippen LogP contribution is 2.52. The fourth-order valence-electron chi connectivity index (χ4n) is 3.84. The van der Waals surface area contributed by atoms with E-state index in [1.54, 1.807) is 0 Å². The van der Waals surface area contributed by atoms with Crippen LogP contribution in [0.3, 0.4) is 0 Å². The molecule has 0 atom stereocenters. The minimum Gasteiger partial charge on any atom is -0.0873 e. The fourth-order valence-corrected chi connectivity index (χ4v) is 3.84. The van der Waals surface area contributed by atoms with Crippen molar-refractivity contribution in [2.75, 3.05) is 0 Å². The van der Waals surface area contributed by atoms with Gasteiger partial charge in [0.05, 0.1) is 0 Å². The van der Waals surface area contributed by atoms with E-state index in [0.29, 0.717) is 0 Å². The topological polar surface area (TPSA) is 0 Å². The zero-order valence-corrected chi connectivity index (χ0v) is 11.1. The van der Waals surface area contributed by atoms with E-state index in [1.807, 2.05) is 0 Å². The highest BCUT2D eigenvalue weighted by atomic mass is 14.4. The second-order valence-electron chi connectivity index (χ2n) is 5.71. The summed E-state index contributed by atoms with van der Waals surface area (Å²) in [5.41, 5.74) is 6.03. The Balaban J connectivity index is 2.05. The number of rotatable bonds is 0. The Hall–Kier alpha value is -1.82. The number of hydrogen-bond donors (Lipinski definition) is 0. The molecule has 0 saturated heterocycles. The molecular weight excluding hydrogens is 228 g/mol. The van der Waals surface area contributed by atoms with Crippen LogP contribution in [0.5, 0.6) is 0 Å². The third-order valence-corrected chi connectivity index (χ3v) is 4.70. The van der Waals surface area contributed by atoms with E-state index >= 15 is 0 Å². The third-order valence-electron chi connectivity index (χ3n) is 4.70. The highest BCUT2D eigenvalue weighted by molar-refractivity contribution is 5.82. The SMILES string of the molecule is C1=CC2(CCCC1)c1ccccc1-c1ccccc12. The summed E-state index contributed by atoms with van der Waals surface area (Å²) in [7, 11) is 0. The van der Waals surface area contributed by atoms with E-state index in [1.165, 1.54) is 47.9 Å². The van der Waals surface area contributed by atoms with Crippen LogP contribution in [0, 0.1) is 0 Å². The van der Waals surface area contributed by atoms with Gasteiger partial charge >= 0.3 is 0 Å². The Labute approximate surface area is 114 Å². The predicted molar refractivity (Wildman–Crippen MR) is 80.3 cm³/mol. The van der Waals surface area contributed by atoms with Crippen molar-refractivity contribution in [3.05, 3.63) is 71.8 Å². The van der Waals surface area contributed by atoms with Gasteiger partial charge in [-0.3, -0.25) is 0 Å². The average Bonchev–Trinajstić information content (AvgIpc) is 2.63. The van der Waals surface area contributed by atoms with E-state index in [2.05, 4.69) is 60.7 Å². The van der Waals surface area contributed by atoms with Crippen molar-refractivity contribution in [2.45, 2.75) is 31.1 Å². The zero-order valence-electron chi connectivity index (χ0n) is 11.1. The van der Waals surface area contributed by atoms with Crippen molar-refractivity contribution >= 4 is 0 Å². The zero-order chi connectivity index (χ0) is 12.7. The molecule has 2 aliphatic rings. The molecule has 1 spiro atoms. The standard InChI is InChI=1S/C19H18/c1-2-8-14-19(13-7-1)17-11-5-3-9-15(17)16-10-4-6-12-18(16)19/h3-7,9-13H,1-2,8,14H2. The number of allylic oxidation sites excluding steroid dienone is 2. The normalized spacial score (nSPS) is 18.9. The summed E-state index contributed by atoms with van der Waals surface area (Å²) in [6.45, 7) is 0. The first-order valence-electron chi connectivity index (χ1n) is 7.29. The second kappa shape index (κ2) is 4.09. The van der Waals surface area contributed by atoms with Crippen molar-refractivity contribution < 1.29 is 0 Å². The lowest BCUT2D eigenvalue weighted by Crippen LogP contribution is -2.21. The largest absolute Gasteiger partial charge is 0.0873 e. The molecule has 0 heteroatoms. The third kappa shape index (κ3) is 1.46. The van der Waals surface area contributed by atoms with Crippen molar-refractivity contribution in [1.29, 1.82) is 0 Å². The first-order chi connectivity index (χ1) is 9.42. The van der Waals surface area contributed by atoms with Crippen LogP contribution in [-0.4, -0.2) is 0 Å². The molecule has 0 saturated carbocycles. The Morgan fingerprint density at radius 3 is 2.05 bits per heavy atom. The maximum absolute atomic E-state index is 2.48. The fraction of sp³-hybridized carbons (Fsp3) is 0.263. The molecule has 2 aromatic rings. The first-order valence-corrected chi connectivity index (χ1v) is 7.29. The van der Waals surface area contributed by atoms with Crippen LogP contribution in [0.1, 0.15) is 36.8 Å². The minimum absolute atomic E-state index is 0.143. The molecule has 0 amide bonds. The Bertz CT molecular complexity index is 603. The molecule has 0 radical (unpaired) electrons. The first kappa shape index (κ1) is 11.0. The van der Waals surface area contributed by atoms with Gasteiger partial charge in [-0.25, -0.2) is 0 Å². The van der Waals surface area contributed by atoms with Gasteiger partial charge in [-0.15, -0.1) is 0 Å². The quantitative estimate of drug-likeness (QED) is 0.568. The van der Waals surface area contributed by atoms with Gasteiger partial charge in [-0.05, 0) is 41.5 Å². The molecule has 0 N–H and O–H groups in total. The summed E-state index contributed by atoms with van der Waals surface area (Å²) >= 11 is 0. The summed E-state index contributed by atoms with van der Waals surface area (Å²) in [6, 6.07) is 17.9. The van der Waals surface area contributed by atoms with Crippen molar-refractivity contribution in [3.63, 3.8) is 0 Å².